The van der Waals surface area contributed by atoms with Crippen molar-refractivity contribution in [3.63, 3.8) is 0 Å². The lowest BCUT2D eigenvalue weighted by molar-refractivity contribution is 0.272. The molecule has 18 heavy (non-hydrogen) atoms. The molecule has 1 fully saturated rings. The Morgan fingerprint density at radius 2 is 2.28 bits per heavy atom. The third-order valence-electron chi connectivity index (χ3n) is 3.22. The molecule has 0 spiro atoms. The smallest absolute Gasteiger partial charge is 0.148 e. The zero-order valence-corrected chi connectivity index (χ0v) is 12.7. The van der Waals surface area contributed by atoms with Crippen molar-refractivity contribution < 1.29 is 8.42 Å². The average Bonchev–Trinajstić information content (AvgIpc) is 2.73. The molecule has 100 valence electrons. The number of nitrogens with zero attached hydrogens (tertiary/aromatic N) is 2. The molecule has 0 amide bonds. The molecule has 1 atom stereocenters. The second-order valence-corrected chi connectivity index (χ2v) is 7.94. The Balaban J connectivity index is 2.08. The fraction of sp³-hybridized carbons (Fsp3) is 0.583. The van der Waals surface area contributed by atoms with Crippen LogP contribution < -0.4 is 0 Å². The molecule has 0 bridgehead atoms. The molecule has 0 aliphatic carbocycles. The van der Waals surface area contributed by atoms with Crippen LogP contribution in [0.5, 0.6) is 0 Å². The van der Waals surface area contributed by atoms with E-state index in [1.165, 1.54) is 6.26 Å². The quantitative estimate of drug-likeness (QED) is 0.846. The van der Waals surface area contributed by atoms with Gasteiger partial charge in [0.15, 0.2) is 0 Å². The molecule has 6 heteroatoms. The van der Waals surface area contributed by atoms with Crippen LogP contribution in [0.25, 0.3) is 0 Å². The summed E-state index contributed by atoms with van der Waals surface area (Å²) < 4.78 is 23.4. The molecule has 0 radical (unpaired) electrons. The fourth-order valence-corrected chi connectivity index (χ4v) is 3.31. The Kier molecular flexibility index (Phi) is 4.40. The van der Waals surface area contributed by atoms with Crippen LogP contribution in [0, 0.1) is 0 Å². The van der Waals surface area contributed by atoms with Gasteiger partial charge in [-0.3, -0.25) is 9.88 Å². The molecule has 1 aromatic rings. The SMILES string of the molecule is CS(=O)(=O)CCN1CCCC1c1cncc(Br)c1. The van der Waals surface area contributed by atoms with E-state index in [1.807, 2.05) is 6.20 Å². The summed E-state index contributed by atoms with van der Waals surface area (Å²) in [6.07, 6.45) is 7.11. The Bertz CT molecular complexity index is 519. The predicted octanol–water partition coefficient (Wildman–Crippen LogP) is 2.03. The minimum atomic E-state index is -2.89. The Morgan fingerprint density at radius 3 is 2.94 bits per heavy atom. The third-order valence-corrected chi connectivity index (χ3v) is 4.58. The normalized spacial score (nSPS) is 21.3. The van der Waals surface area contributed by atoms with Gasteiger partial charge < -0.3 is 0 Å². The van der Waals surface area contributed by atoms with E-state index < -0.39 is 9.84 Å². The molecule has 1 unspecified atom stereocenters. The van der Waals surface area contributed by atoms with E-state index >= 15 is 0 Å². The maximum absolute atomic E-state index is 11.2. The number of likely N-dealkylation sites (tertiary alicyclic amines) is 1. The first-order chi connectivity index (χ1) is 8.46. The van der Waals surface area contributed by atoms with Crippen molar-refractivity contribution in [3.8, 4) is 0 Å². The summed E-state index contributed by atoms with van der Waals surface area (Å²) in [4.78, 5) is 6.42. The largest absolute Gasteiger partial charge is 0.295 e. The Labute approximate surface area is 116 Å². The third kappa shape index (κ3) is 3.76. The summed E-state index contributed by atoms with van der Waals surface area (Å²) in [6, 6.07) is 2.37. The highest BCUT2D eigenvalue weighted by Crippen LogP contribution is 2.32. The van der Waals surface area contributed by atoms with Gasteiger partial charge in [0, 0.05) is 35.7 Å². The van der Waals surface area contributed by atoms with E-state index in [0.29, 0.717) is 12.6 Å². The summed E-state index contributed by atoms with van der Waals surface area (Å²) in [5.74, 6) is 0.227. The van der Waals surface area contributed by atoms with E-state index in [0.717, 1.165) is 29.4 Å². The van der Waals surface area contributed by atoms with Gasteiger partial charge in [-0.05, 0) is 46.9 Å². The summed E-state index contributed by atoms with van der Waals surface area (Å²) in [7, 11) is -2.89. The molecule has 2 rings (SSSR count). The first-order valence-corrected chi connectivity index (χ1v) is 8.83. The molecule has 1 saturated heterocycles. The fourth-order valence-electron chi connectivity index (χ4n) is 2.36. The van der Waals surface area contributed by atoms with Crippen molar-refractivity contribution >= 4 is 25.8 Å². The van der Waals surface area contributed by atoms with Crippen molar-refractivity contribution in [1.82, 2.24) is 9.88 Å². The Morgan fingerprint density at radius 1 is 1.50 bits per heavy atom. The lowest BCUT2D eigenvalue weighted by atomic mass is 10.1. The second-order valence-electron chi connectivity index (χ2n) is 4.76. The molecule has 1 aliphatic heterocycles. The number of halogens is 1. The van der Waals surface area contributed by atoms with Gasteiger partial charge in [-0.1, -0.05) is 0 Å². The summed E-state index contributed by atoms with van der Waals surface area (Å²) in [6.45, 7) is 1.57. The number of aromatic nitrogens is 1. The van der Waals surface area contributed by atoms with E-state index in [4.69, 9.17) is 0 Å². The van der Waals surface area contributed by atoms with Gasteiger partial charge in [-0.25, -0.2) is 8.42 Å². The summed E-state index contributed by atoms with van der Waals surface area (Å²) >= 11 is 3.42. The monoisotopic (exact) mass is 332 g/mol. The van der Waals surface area contributed by atoms with Crippen LogP contribution in [0.2, 0.25) is 0 Å². The molecule has 1 aliphatic rings. The van der Waals surface area contributed by atoms with Gasteiger partial charge in [0.25, 0.3) is 0 Å². The van der Waals surface area contributed by atoms with Gasteiger partial charge in [0.1, 0.15) is 9.84 Å². The topological polar surface area (TPSA) is 50.3 Å². The molecule has 0 N–H and O–H groups in total. The first-order valence-electron chi connectivity index (χ1n) is 5.98. The van der Waals surface area contributed by atoms with Crippen molar-refractivity contribution in [3.05, 3.63) is 28.5 Å². The van der Waals surface area contributed by atoms with Crippen LogP contribution in [0.1, 0.15) is 24.4 Å². The zero-order valence-electron chi connectivity index (χ0n) is 10.3. The standard InChI is InChI=1S/C12H17BrN2O2S/c1-18(16,17)6-5-15-4-2-3-12(15)10-7-11(13)9-14-8-10/h7-9,12H,2-6H2,1H3. The Hall–Kier alpha value is -0.460. The second kappa shape index (κ2) is 5.67. The van der Waals surface area contributed by atoms with Gasteiger partial charge in [-0.2, -0.15) is 0 Å². The van der Waals surface area contributed by atoms with E-state index in [-0.39, 0.29) is 5.75 Å². The van der Waals surface area contributed by atoms with Gasteiger partial charge >= 0.3 is 0 Å². The first kappa shape index (κ1) is 14.0. The predicted molar refractivity (Wildman–Crippen MR) is 75.2 cm³/mol. The van der Waals surface area contributed by atoms with E-state index in [1.54, 1.807) is 6.20 Å². The lowest BCUT2D eigenvalue weighted by Gasteiger charge is -2.24. The highest BCUT2D eigenvalue weighted by atomic mass is 79.9. The number of sulfone groups is 1. The number of rotatable bonds is 4. The average molecular weight is 333 g/mol. The molecule has 0 aromatic carbocycles. The number of hydrogen-bond acceptors (Lipinski definition) is 4. The number of hydrogen-bond donors (Lipinski definition) is 0. The lowest BCUT2D eigenvalue weighted by Crippen LogP contribution is -2.28. The van der Waals surface area contributed by atoms with Crippen LogP contribution in [0.3, 0.4) is 0 Å². The minimum Gasteiger partial charge on any atom is -0.295 e. The molecule has 0 saturated carbocycles. The van der Waals surface area contributed by atoms with Crippen molar-refractivity contribution in [2.45, 2.75) is 18.9 Å². The van der Waals surface area contributed by atoms with Gasteiger partial charge in [-0.15, -0.1) is 0 Å². The highest BCUT2D eigenvalue weighted by Gasteiger charge is 2.26. The van der Waals surface area contributed by atoms with Crippen molar-refractivity contribution in [1.29, 1.82) is 0 Å². The van der Waals surface area contributed by atoms with Crippen LogP contribution in [0.4, 0.5) is 0 Å². The summed E-state index contributed by atoms with van der Waals surface area (Å²) in [5.41, 5.74) is 1.16. The molecule has 1 aromatic heterocycles. The van der Waals surface area contributed by atoms with Crippen LogP contribution in [-0.4, -0.2) is 43.4 Å². The molecular weight excluding hydrogens is 316 g/mol. The van der Waals surface area contributed by atoms with Crippen LogP contribution in [-0.2, 0) is 9.84 Å². The van der Waals surface area contributed by atoms with Gasteiger partial charge in [0.05, 0.1) is 5.75 Å². The summed E-state index contributed by atoms with van der Waals surface area (Å²) in [5, 5.41) is 0. The van der Waals surface area contributed by atoms with E-state index in [2.05, 4.69) is 31.9 Å². The molecule has 4 nitrogen and oxygen atoms in total. The number of pyridine rings is 1. The highest BCUT2D eigenvalue weighted by molar-refractivity contribution is 9.10. The molecular formula is C12H17BrN2O2S. The van der Waals surface area contributed by atoms with Crippen LogP contribution >= 0.6 is 15.9 Å². The minimum absolute atomic E-state index is 0.227. The molecule has 2 heterocycles. The van der Waals surface area contributed by atoms with Crippen LogP contribution in [0.15, 0.2) is 22.9 Å². The van der Waals surface area contributed by atoms with Crippen molar-refractivity contribution in [2.24, 2.45) is 0 Å². The maximum atomic E-state index is 11.2. The zero-order chi connectivity index (χ0) is 13.2. The maximum Gasteiger partial charge on any atom is 0.148 e. The van der Waals surface area contributed by atoms with E-state index in [9.17, 15) is 8.42 Å². The van der Waals surface area contributed by atoms with Crippen molar-refractivity contribution in [2.75, 3.05) is 25.1 Å². The van der Waals surface area contributed by atoms with Gasteiger partial charge in [0.2, 0.25) is 0 Å².